The summed E-state index contributed by atoms with van der Waals surface area (Å²) in [7, 11) is 0. The molecule has 1 fully saturated rings. The highest BCUT2D eigenvalue weighted by Crippen LogP contribution is 2.36. The van der Waals surface area contributed by atoms with Gasteiger partial charge in [0.2, 0.25) is 0 Å². The molecule has 0 aromatic heterocycles. The van der Waals surface area contributed by atoms with Gasteiger partial charge in [-0.25, -0.2) is 13.2 Å². The lowest BCUT2D eigenvalue weighted by molar-refractivity contribution is 0.443. The van der Waals surface area contributed by atoms with Gasteiger partial charge in [-0.15, -0.1) is 0 Å². The summed E-state index contributed by atoms with van der Waals surface area (Å²) in [5, 5.41) is 10.5. The molecule has 1 saturated carbocycles. The van der Waals surface area contributed by atoms with E-state index in [4.69, 9.17) is 5.26 Å². The van der Waals surface area contributed by atoms with Gasteiger partial charge in [0.25, 0.3) is 0 Å². The minimum Gasteiger partial charge on any atom is -0.246 e. The van der Waals surface area contributed by atoms with Crippen LogP contribution in [0.5, 0.6) is 0 Å². The largest absolute Gasteiger partial charge is 0.246 e. The predicted molar refractivity (Wildman–Crippen MR) is 119 cm³/mol. The van der Waals surface area contributed by atoms with Crippen LogP contribution in [0.3, 0.4) is 0 Å². The van der Waals surface area contributed by atoms with Gasteiger partial charge in [0, 0.05) is 11.1 Å². The summed E-state index contributed by atoms with van der Waals surface area (Å²) < 4.78 is 42.7. The molecule has 31 heavy (non-hydrogen) atoms. The summed E-state index contributed by atoms with van der Waals surface area (Å²) >= 11 is 0.569. The van der Waals surface area contributed by atoms with Crippen LogP contribution < -0.4 is 0 Å². The van der Waals surface area contributed by atoms with Gasteiger partial charge in [-0.05, 0) is 71.0 Å². The number of thioether (sulfide) groups is 1. The first kappa shape index (κ1) is 21.5. The van der Waals surface area contributed by atoms with Crippen LogP contribution in [0.1, 0.15) is 49.1 Å². The number of halogens is 3. The van der Waals surface area contributed by atoms with E-state index < -0.39 is 18.3 Å². The number of hydrogen-bond donors (Lipinski definition) is 0. The molecule has 1 aliphatic rings. The molecular formula is C26H22F3NS. The van der Waals surface area contributed by atoms with E-state index in [1.165, 1.54) is 49.8 Å². The summed E-state index contributed by atoms with van der Waals surface area (Å²) in [4.78, 5) is -0.0520. The number of thiocyanates is 1. The Bertz CT molecular complexity index is 1110. The predicted octanol–water partition coefficient (Wildman–Crippen LogP) is 8.39. The molecule has 0 heterocycles. The molecular weight excluding hydrogens is 415 g/mol. The third-order valence-electron chi connectivity index (χ3n) is 6.01. The normalized spacial score (nSPS) is 14.4. The van der Waals surface area contributed by atoms with Gasteiger partial charge < -0.3 is 0 Å². The topological polar surface area (TPSA) is 23.8 Å². The lowest BCUT2D eigenvalue weighted by atomic mass is 9.83. The number of nitrogens with zero attached hydrogens (tertiary/aromatic N) is 1. The van der Waals surface area contributed by atoms with Crippen LogP contribution in [0.4, 0.5) is 13.2 Å². The van der Waals surface area contributed by atoms with Crippen molar-refractivity contribution >= 4 is 11.8 Å². The first-order chi connectivity index (χ1) is 15.1. The summed E-state index contributed by atoms with van der Waals surface area (Å²) in [5.74, 6) is -0.610. The first-order valence-electron chi connectivity index (χ1n) is 10.4. The Kier molecular flexibility index (Phi) is 6.67. The number of rotatable bonds is 5. The average molecular weight is 438 g/mol. The molecule has 0 spiro atoms. The fourth-order valence-electron chi connectivity index (χ4n) is 4.38. The minimum absolute atomic E-state index is 0.0447. The Balaban J connectivity index is 1.61. The zero-order valence-electron chi connectivity index (χ0n) is 17.0. The fourth-order valence-corrected chi connectivity index (χ4v) is 4.87. The summed E-state index contributed by atoms with van der Waals surface area (Å²) in [5.41, 5.74) is 3.49. The van der Waals surface area contributed by atoms with E-state index in [1.807, 2.05) is 12.1 Å². The molecule has 0 amide bonds. The number of benzene rings is 3. The highest BCUT2D eigenvalue weighted by molar-refractivity contribution is 8.03. The molecule has 0 saturated heterocycles. The van der Waals surface area contributed by atoms with Crippen LogP contribution in [0.15, 0.2) is 59.5 Å². The maximum Gasteiger partial charge on any atom is 0.138 e. The Morgan fingerprint density at radius 3 is 2.16 bits per heavy atom. The minimum atomic E-state index is -0.929. The zero-order valence-corrected chi connectivity index (χ0v) is 17.8. The molecule has 0 atom stereocenters. The van der Waals surface area contributed by atoms with Crippen LogP contribution >= 0.6 is 11.8 Å². The SMILES string of the molecule is N#CSc1c(F)cc(-c2ccc(-c3ccc(C4CCCCC4)cc3)cc2F)cc1CF. The standard InChI is InChI=1S/C26H22F3NS/c27-15-22-12-21(14-25(29)26(22)31-16-30)23-11-10-20(13-24(23)28)19-8-6-18(7-9-19)17-4-2-1-3-5-17/h6-14,17H,1-5,15H2. The van der Waals surface area contributed by atoms with Gasteiger partial charge >= 0.3 is 0 Å². The van der Waals surface area contributed by atoms with Crippen molar-refractivity contribution in [3.8, 4) is 27.7 Å². The van der Waals surface area contributed by atoms with Gasteiger partial charge in [-0.1, -0.05) is 55.7 Å². The van der Waals surface area contributed by atoms with Crippen molar-refractivity contribution in [1.29, 1.82) is 5.26 Å². The van der Waals surface area contributed by atoms with Crippen LogP contribution in [0.2, 0.25) is 0 Å². The number of alkyl halides is 1. The lowest BCUT2D eigenvalue weighted by Crippen LogP contribution is -2.04. The summed E-state index contributed by atoms with van der Waals surface area (Å²) in [6.45, 7) is -0.929. The van der Waals surface area contributed by atoms with E-state index in [1.54, 1.807) is 17.5 Å². The Labute approximate surface area is 184 Å². The number of nitriles is 1. The van der Waals surface area contributed by atoms with Crippen molar-refractivity contribution in [2.75, 3.05) is 0 Å². The van der Waals surface area contributed by atoms with Crippen LogP contribution in [-0.4, -0.2) is 0 Å². The molecule has 0 unspecified atom stereocenters. The molecule has 5 heteroatoms. The quantitative estimate of drug-likeness (QED) is 0.296. The molecule has 0 radical (unpaired) electrons. The Morgan fingerprint density at radius 2 is 1.52 bits per heavy atom. The Hall–Kier alpha value is -2.71. The van der Waals surface area contributed by atoms with Crippen LogP contribution in [-0.2, 0) is 6.67 Å². The van der Waals surface area contributed by atoms with E-state index in [9.17, 15) is 13.2 Å². The molecule has 3 aromatic rings. The van der Waals surface area contributed by atoms with Crippen molar-refractivity contribution in [2.45, 2.75) is 49.6 Å². The van der Waals surface area contributed by atoms with Crippen LogP contribution in [0, 0.1) is 22.3 Å². The van der Waals surface area contributed by atoms with Gasteiger partial charge in [0.15, 0.2) is 0 Å². The van der Waals surface area contributed by atoms with Gasteiger partial charge in [0.1, 0.15) is 23.7 Å². The second kappa shape index (κ2) is 9.62. The van der Waals surface area contributed by atoms with Crippen molar-refractivity contribution in [3.05, 3.63) is 77.4 Å². The Morgan fingerprint density at radius 1 is 0.839 bits per heavy atom. The third-order valence-corrected chi connectivity index (χ3v) is 6.77. The molecule has 0 bridgehead atoms. The lowest BCUT2D eigenvalue weighted by Gasteiger charge is -2.22. The van der Waals surface area contributed by atoms with E-state index in [0.717, 1.165) is 17.2 Å². The van der Waals surface area contributed by atoms with Gasteiger partial charge in [-0.2, -0.15) is 5.26 Å². The van der Waals surface area contributed by atoms with E-state index >= 15 is 0 Å². The molecule has 0 aliphatic heterocycles. The van der Waals surface area contributed by atoms with E-state index in [-0.39, 0.29) is 21.6 Å². The summed E-state index contributed by atoms with van der Waals surface area (Å²) in [6.07, 6.45) is 6.33. The maximum absolute atomic E-state index is 14.9. The van der Waals surface area contributed by atoms with Crippen molar-refractivity contribution in [1.82, 2.24) is 0 Å². The van der Waals surface area contributed by atoms with Gasteiger partial charge in [0.05, 0.1) is 4.90 Å². The maximum atomic E-state index is 14.9. The highest BCUT2D eigenvalue weighted by atomic mass is 32.2. The first-order valence-corrected chi connectivity index (χ1v) is 11.3. The van der Waals surface area contributed by atoms with Gasteiger partial charge in [-0.3, -0.25) is 0 Å². The van der Waals surface area contributed by atoms with Crippen molar-refractivity contribution < 1.29 is 13.2 Å². The fraction of sp³-hybridized carbons (Fsp3) is 0.269. The second-order valence-electron chi connectivity index (χ2n) is 7.92. The monoisotopic (exact) mass is 437 g/mol. The molecule has 158 valence electrons. The van der Waals surface area contributed by atoms with Crippen molar-refractivity contribution in [2.24, 2.45) is 0 Å². The van der Waals surface area contributed by atoms with Crippen molar-refractivity contribution in [3.63, 3.8) is 0 Å². The zero-order chi connectivity index (χ0) is 21.8. The smallest absolute Gasteiger partial charge is 0.138 e. The second-order valence-corrected chi connectivity index (χ2v) is 8.72. The van der Waals surface area contributed by atoms with E-state index in [2.05, 4.69) is 12.1 Å². The molecule has 4 rings (SSSR count). The molecule has 1 aliphatic carbocycles. The van der Waals surface area contributed by atoms with E-state index in [0.29, 0.717) is 17.7 Å². The molecule has 3 aromatic carbocycles. The number of hydrogen-bond acceptors (Lipinski definition) is 2. The average Bonchev–Trinajstić information content (AvgIpc) is 2.81. The third kappa shape index (κ3) is 4.65. The molecule has 0 N–H and O–H groups in total. The summed E-state index contributed by atoms with van der Waals surface area (Å²) in [6, 6.07) is 15.7. The van der Waals surface area contributed by atoms with Crippen LogP contribution in [0.25, 0.3) is 22.3 Å². The molecule has 1 nitrogen and oxygen atoms in total. The highest BCUT2D eigenvalue weighted by Gasteiger charge is 2.17.